The van der Waals surface area contributed by atoms with E-state index in [1.54, 1.807) is 31.2 Å². The predicted molar refractivity (Wildman–Crippen MR) is 79.6 cm³/mol. The van der Waals surface area contributed by atoms with Crippen LogP contribution in [0.5, 0.6) is 5.75 Å². The van der Waals surface area contributed by atoms with Crippen LogP contribution < -0.4 is 10.1 Å². The Labute approximate surface area is 127 Å². The summed E-state index contributed by atoms with van der Waals surface area (Å²) >= 11 is 0. The van der Waals surface area contributed by atoms with E-state index >= 15 is 0 Å². The normalized spacial score (nSPS) is 11.8. The molecule has 22 heavy (non-hydrogen) atoms. The van der Waals surface area contributed by atoms with Gasteiger partial charge in [-0.1, -0.05) is 24.3 Å². The number of methoxy groups -OCH3 is 1. The molecule has 0 saturated heterocycles. The minimum absolute atomic E-state index is 0.0599. The smallest absolute Gasteiger partial charge is 0.225 e. The van der Waals surface area contributed by atoms with Gasteiger partial charge in [0.1, 0.15) is 5.82 Å². The van der Waals surface area contributed by atoms with Crippen LogP contribution in [0.15, 0.2) is 42.5 Å². The Morgan fingerprint density at radius 2 is 1.91 bits per heavy atom. The van der Waals surface area contributed by atoms with Crippen LogP contribution in [0.25, 0.3) is 0 Å². The summed E-state index contributed by atoms with van der Waals surface area (Å²) in [5, 5.41) is 2.72. The van der Waals surface area contributed by atoms with Crippen molar-refractivity contribution in [2.24, 2.45) is 0 Å². The molecule has 1 amide bonds. The van der Waals surface area contributed by atoms with Crippen LogP contribution in [0.3, 0.4) is 0 Å². The molecule has 0 aliphatic heterocycles. The van der Waals surface area contributed by atoms with Crippen LogP contribution in [-0.4, -0.2) is 13.0 Å². The molecule has 0 heterocycles. The maximum absolute atomic E-state index is 13.7. The van der Waals surface area contributed by atoms with Gasteiger partial charge in [0.05, 0.1) is 19.6 Å². The molecule has 0 aliphatic rings. The van der Waals surface area contributed by atoms with Gasteiger partial charge in [-0.2, -0.15) is 0 Å². The molecule has 0 radical (unpaired) electrons. The number of hydrogen-bond acceptors (Lipinski definition) is 2. The Balaban J connectivity index is 2.02. The van der Waals surface area contributed by atoms with E-state index in [1.807, 2.05) is 0 Å². The van der Waals surface area contributed by atoms with Gasteiger partial charge < -0.3 is 10.1 Å². The quantitative estimate of drug-likeness (QED) is 0.919. The van der Waals surface area contributed by atoms with Gasteiger partial charge in [-0.3, -0.25) is 4.79 Å². The molecule has 3 nitrogen and oxygen atoms in total. The van der Waals surface area contributed by atoms with Gasteiger partial charge in [0.15, 0.2) is 11.6 Å². The largest absolute Gasteiger partial charge is 0.494 e. The Hall–Kier alpha value is -2.43. The zero-order valence-corrected chi connectivity index (χ0v) is 12.4. The van der Waals surface area contributed by atoms with E-state index in [0.29, 0.717) is 11.1 Å². The van der Waals surface area contributed by atoms with Crippen molar-refractivity contribution in [1.29, 1.82) is 0 Å². The van der Waals surface area contributed by atoms with Gasteiger partial charge in [-0.15, -0.1) is 0 Å². The second-order valence-electron chi connectivity index (χ2n) is 4.95. The summed E-state index contributed by atoms with van der Waals surface area (Å²) in [6, 6.07) is 10.2. The molecule has 116 valence electrons. The highest BCUT2D eigenvalue weighted by atomic mass is 19.1. The van der Waals surface area contributed by atoms with Gasteiger partial charge in [0.2, 0.25) is 5.91 Å². The lowest BCUT2D eigenvalue weighted by atomic mass is 10.1. The second-order valence-corrected chi connectivity index (χ2v) is 4.95. The minimum atomic E-state index is -0.491. The van der Waals surface area contributed by atoms with Crippen molar-refractivity contribution in [1.82, 2.24) is 5.32 Å². The SMILES string of the molecule is COc1ccc([C@@H](C)NC(=O)Cc2ccccc2F)cc1F. The van der Waals surface area contributed by atoms with Gasteiger partial charge in [-0.25, -0.2) is 8.78 Å². The summed E-state index contributed by atoms with van der Waals surface area (Å²) in [6.45, 7) is 1.74. The molecule has 0 saturated carbocycles. The molecule has 0 bridgehead atoms. The lowest BCUT2D eigenvalue weighted by Crippen LogP contribution is -2.28. The van der Waals surface area contributed by atoms with Crippen LogP contribution >= 0.6 is 0 Å². The summed E-state index contributed by atoms with van der Waals surface area (Å²) in [4.78, 5) is 12.0. The molecule has 0 aromatic heterocycles. The number of benzene rings is 2. The van der Waals surface area contributed by atoms with Gasteiger partial charge in [-0.05, 0) is 36.2 Å². The van der Waals surface area contributed by atoms with E-state index in [2.05, 4.69) is 5.32 Å². The average Bonchev–Trinajstić information content (AvgIpc) is 2.49. The van der Waals surface area contributed by atoms with Crippen LogP contribution in [-0.2, 0) is 11.2 Å². The van der Waals surface area contributed by atoms with E-state index in [1.165, 1.54) is 25.3 Å². The maximum atomic E-state index is 13.7. The Morgan fingerprint density at radius 1 is 1.18 bits per heavy atom. The first kappa shape index (κ1) is 15.9. The zero-order valence-electron chi connectivity index (χ0n) is 12.4. The first-order valence-corrected chi connectivity index (χ1v) is 6.87. The molecule has 2 aromatic carbocycles. The highest BCUT2D eigenvalue weighted by molar-refractivity contribution is 5.79. The molecule has 5 heteroatoms. The summed E-state index contributed by atoms with van der Waals surface area (Å²) < 4.78 is 32.0. The van der Waals surface area contributed by atoms with Crippen LogP contribution in [0.1, 0.15) is 24.1 Å². The van der Waals surface area contributed by atoms with E-state index in [-0.39, 0.29) is 24.1 Å². The highest BCUT2D eigenvalue weighted by Gasteiger charge is 2.14. The second kappa shape index (κ2) is 7.02. The first-order valence-electron chi connectivity index (χ1n) is 6.87. The standard InChI is InChI=1S/C17H17F2NO2/c1-11(12-7-8-16(22-2)15(19)9-12)20-17(21)10-13-5-3-4-6-14(13)18/h3-9,11H,10H2,1-2H3,(H,20,21)/t11-/m1/s1. The molecule has 0 aliphatic carbocycles. The van der Waals surface area contributed by atoms with Crippen molar-refractivity contribution < 1.29 is 18.3 Å². The highest BCUT2D eigenvalue weighted by Crippen LogP contribution is 2.21. The lowest BCUT2D eigenvalue weighted by molar-refractivity contribution is -0.121. The molecular weight excluding hydrogens is 288 g/mol. The third-order valence-electron chi connectivity index (χ3n) is 3.36. The Bertz CT molecular complexity index is 673. The molecule has 0 unspecified atom stereocenters. The van der Waals surface area contributed by atoms with E-state index in [4.69, 9.17) is 4.74 Å². The number of hydrogen-bond donors (Lipinski definition) is 1. The third-order valence-corrected chi connectivity index (χ3v) is 3.36. The van der Waals surface area contributed by atoms with Crippen molar-refractivity contribution in [3.8, 4) is 5.75 Å². The zero-order chi connectivity index (χ0) is 16.1. The number of halogens is 2. The van der Waals surface area contributed by atoms with Crippen LogP contribution in [0.2, 0.25) is 0 Å². The van der Waals surface area contributed by atoms with E-state index in [9.17, 15) is 13.6 Å². The van der Waals surface area contributed by atoms with E-state index < -0.39 is 11.6 Å². The molecule has 0 spiro atoms. The molecule has 1 atom stereocenters. The number of rotatable bonds is 5. The summed E-state index contributed by atoms with van der Waals surface area (Å²) in [5.41, 5.74) is 0.938. The monoisotopic (exact) mass is 305 g/mol. The van der Waals surface area contributed by atoms with Crippen molar-refractivity contribution in [2.75, 3.05) is 7.11 Å². The topological polar surface area (TPSA) is 38.3 Å². The first-order chi connectivity index (χ1) is 10.5. The van der Waals surface area contributed by atoms with Crippen molar-refractivity contribution in [3.63, 3.8) is 0 Å². The number of ether oxygens (including phenoxy) is 1. The van der Waals surface area contributed by atoms with Crippen LogP contribution in [0.4, 0.5) is 8.78 Å². The van der Waals surface area contributed by atoms with Crippen molar-refractivity contribution >= 4 is 5.91 Å². The molecule has 0 fully saturated rings. The molecule has 2 aromatic rings. The molecular formula is C17H17F2NO2. The Morgan fingerprint density at radius 3 is 2.55 bits per heavy atom. The van der Waals surface area contributed by atoms with Crippen LogP contribution in [0, 0.1) is 11.6 Å². The lowest BCUT2D eigenvalue weighted by Gasteiger charge is -2.15. The van der Waals surface area contributed by atoms with E-state index in [0.717, 1.165) is 0 Å². The number of nitrogens with one attached hydrogen (secondary N) is 1. The number of amides is 1. The summed E-state index contributed by atoms with van der Waals surface area (Å²) in [5.74, 6) is -1.08. The molecule has 2 rings (SSSR count). The van der Waals surface area contributed by atoms with Gasteiger partial charge >= 0.3 is 0 Å². The fourth-order valence-corrected chi connectivity index (χ4v) is 2.14. The maximum Gasteiger partial charge on any atom is 0.225 e. The number of carbonyl (C=O) groups is 1. The Kier molecular flexibility index (Phi) is 5.09. The predicted octanol–water partition coefficient (Wildman–Crippen LogP) is 3.39. The van der Waals surface area contributed by atoms with Crippen molar-refractivity contribution in [3.05, 3.63) is 65.2 Å². The number of carbonyl (C=O) groups excluding carboxylic acids is 1. The average molecular weight is 305 g/mol. The van der Waals surface area contributed by atoms with Crippen molar-refractivity contribution in [2.45, 2.75) is 19.4 Å². The van der Waals surface area contributed by atoms with Gasteiger partial charge in [0.25, 0.3) is 0 Å². The fourth-order valence-electron chi connectivity index (χ4n) is 2.14. The minimum Gasteiger partial charge on any atom is -0.494 e. The summed E-state index contributed by atoms with van der Waals surface area (Å²) in [7, 11) is 1.39. The summed E-state index contributed by atoms with van der Waals surface area (Å²) in [6.07, 6.45) is -0.0599. The van der Waals surface area contributed by atoms with Gasteiger partial charge in [0, 0.05) is 0 Å². The molecule has 1 N–H and O–H groups in total. The third kappa shape index (κ3) is 3.81. The fraction of sp³-hybridized carbons (Fsp3) is 0.235.